The van der Waals surface area contributed by atoms with Gasteiger partial charge >= 0.3 is 0 Å². The summed E-state index contributed by atoms with van der Waals surface area (Å²) in [5, 5.41) is 3.49. The fraction of sp³-hybridized carbons (Fsp3) is 1.00. The van der Waals surface area contributed by atoms with E-state index in [4.69, 9.17) is 0 Å². The predicted octanol–water partition coefficient (Wildman–Crippen LogP) is 0.411. The lowest BCUT2D eigenvalue weighted by atomic mass is 10.3. The Morgan fingerprint density at radius 3 is 1.82 bits per heavy atom. The zero-order valence-corrected chi connectivity index (χ0v) is 12.5. The molecule has 0 unspecified atom stereocenters. The van der Waals surface area contributed by atoms with Gasteiger partial charge < -0.3 is 20.0 Å². The molecule has 0 aromatic heterocycles. The van der Waals surface area contributed by atoms with E-state index < -0.39 is 0 Å². The van der Waals surface area contributed by atoms with E-state index in [-0.39, 0.29) is 0 Å². The van der Waals surface area contributed by atoms with Gasteiger partial charge in [0.25, 0.3) is 0 Å². The van der Waals surface area contributed by atoms with Crippen molar-refractivity contribution in [3.63, 3.8) is 0 Å². The van der Waals surface area contributed by atoms with Gasteiger partial charge in [-0.15, -0.1) is 0 Å². The molecule has 0 aromatic rings. The average molecular weight is 244 g/mol. The normalized spacial score (nSPS) is 12.0. The van der Waals surface area contributed by atoms with Gasteiger partial charge in [0.1, 0.15) is 0 Å². The molecule has 0 heterocycles. The van der Waals surface area contributed by atoms with Crippen LogP contribution >= 0.6 is 0 Å². The minimum atomic E-state index is 1.10. The Balaban J connectivity index is 3.19. The van der Waals surface area contributed by atoms with E-state index in [0.717, 1.165) is 19.6 Å². The molecule has 0 spiro atoms. The van der Waals surface area contributed by atoms with Gasteiger partial charge in [-0.3, -0.25) is 0 Å². The topological polar surface area (TPSA) is 21.8 Å². The van der Waals surface area contributed by atoms with Crippen LogP contribution in [0.5, 0.6) is 0 Å². The molecule has 0 aromatic carbocycles. The highest BCUT2D eigenvalue weighted by Gasteiger charge is 1.98. The summed E-state index contributed by atoms with van der Waals surface area (Å²) in [6.45, 7) is 6.93. The van der Waals surface area contributed by atoms with E-state index in [1.165, 1.54) is 32.5 Å². The van der Waals surface area contributed by atoms with Crippen LogP contribution in [0.2, 0.25) is 0 Å². The highest BCUT2D eigenvalue weighted by Crippen LogP contribution is 1.88. The molecule has 17 heavy (non-hydrogen) atoms. The van der Waals surface area contributed by atoms with E-state index >= 15 is 0 Å². The van der Waals surface area contributed by atoms with Crippen molar-refractivity contribution in [1.29, 1.82) is 0 Å². The first kappa shape index (κ1) is 16.8. The first-order valence-corrected chi connectivity index (χ1v) is 6.71. The van der Waals surface area contributed by atoms with Crippen molar-refractivity contribution in [2.24, 2.45) is 0 Å². The molecule has 1 N–H and O–H groups in total. The monoisotopic (exact) mass is 244 g/mol. The second-order valence-electron chi connectivity index (χ2n) is 5.37. The third-order valence-electron chi connectivity index (χ3n) is 2.77. The molecule has 0 saturated carbocycles. The van der Waals surface area contributed by atoms with Crippen molar-refractivity contribution in [2.75, 3.05) is 74.5 Å². The van der Waals surface area contributed by atoms with E-state index in [9.17, 15) is 0 Å². The van der Waals surface area contributed by atoms with Crippen molar-refractivity contribution in [3.05, 3.63) is 0 Å². The molecule has 0 rings (SSSR count). The van der Waals surface area contributed by atoms with Crippen molar-refractivity contribution in [1.82, 2.24) is 20.0 Å². The molecule has 0 fully saturated rings. The largest absolute Gasteiger partial charge is 0.315 e. The smallest absolute Gasteiger partial charge is 0.0104 e. The van der Waals surface area contributed by atoms with E-state index in [2.05, 4.69) is 55.3 Å². The predicted molar refractivity (Wildman–Crippen MR) is 76.7 cm³/mol. The molecule has 0 atom stereocenters. The quantitative estimate of drug-likeness (QED) is 0.532. The molecule has 0 saturated heterocycles. The van der Waals surface area contributed by atoms with Crippen LogP contribution in [0.4, 0.5) is 0 Å². The first-order valence-electron chi connectivity index (χ1n) is 6.71. The first-order chi connectivity index (χ1) is 8.02. The Morgan fingerprint density at radius 2 is 1.24 bits per heavy atom. The van der Waals surface area contributed by atoms with Crippen LogP contribution in [0.3, 0.4) is 0 Å². The van der Waals surface area contributed by atoms with Crippen molar-refractivity contribution in [2.45, 2.75) is 12.8 Å². The molecule has 0 radical (unpaired) electrons. The Morgan fingerprint density at radius 1 is 0.647 bits per heavy atom. The number of hydrogen-bond donors (Lipinski definition) is 1. The molecule has 0 aliphatic heterocycles. The van der Waals surface area contributed by atoms with Crippen LogP contribution in [0.25, 0.3) is 0 Å². The summed E-state index contributed by atoms with van der Waals surface area (Å²) in [4.78, 5) is 6.88. The lowest BCUT2D eigenvalue weighted by Crippen LogP contribution is -2.32. The van der Waals surface area contributed by atoms with Gasteiger partial charge in [0.2, 0.25) is 0 Å². The number of rotatable bonds is 11. The lowest BCUT2D eigenvalue weighted by molar-refractivity contribution is 0.298. The van der Waals surface area contributed by atoms with Gasteiger partial charge in [0.15, 0.2) is 0 Å². The fourth-order valence-electron chi connectivity index (χ4n) is 1.68. The van der Waals surface area contributed by atoms with Crippen molar-refractivity contribution < 1.29 is 0 Å². The molecular weight excluding hydrogens is 212 g/mol. The summed E-state index contributed by atoms with van der Waals surface area (Å²) in [6, 6.07) is 0. The molecule has 4 nitrogen and oxygen atoms in total. The van der Waals surface area contributed by atoms with Gasteiger partial charge in [-0.25, -0.2) is 0 Å². The van der Waals surface area contributed by atoms with Crippen LogP contribution in [-0.4, -0.2) is 89.2 Å². The van der Waals surface area contributed by atoms with Gasteiger partial charge in [-0.2, -0.15) is 0 Å². The number of nitrogens with one attached hydrogen (secondary N) is 1. The molecular formula is C13H32N4. The van der Waals surface area contributed by atoms with Crippen LogP contribution in [0, 0.1) is 0 Å². The van der Waals surface area contributed by atoms with Gasteiger partial charge in [-0.05, 0) is 74.3 Å². The Hall–Kier alpha value is -0.160. The molecule has 104 valence electrons. The minimum absolute atomic E-state index is 1.10. The third-order valence-corrected chi connectivity index (χ3v) is 2.77. The standard InChI is InChI=1S/C13H32N4/c1-15(2)10-6-8-14-9-13-17(5)12-7-11-16(3)4/h14H,6-13H2,1-5H3. The molecule has 0 bridgehead atoms. The van der Waals surface area contributed by atoms with Crippen molar-refractivity contribution in [3.8, 4) is 0 Å². The second kappa shape index (κ2) is 11.0. The molecule has 0 aliphatic carbocycles. The maximum atomic E-state index is 3.49. The second-order valence-corrected chi connectivity index (χ2v) is 5.37. The molecule has 4 heteroatoms. The third kappa shape index (κ3) is 13.8. The number of likely N-dealkylation sites (N-methyl/N-ethyl adjacent to an activating group) is 1. The zero-order chi connectivity index (χ0) is 13.1. The van der Waals surface area contributed by atoms with Gasteiger partial charge in [0, 0.05) is 13.1 Å². The average Bonchev–Trinajstić information content (AvgIpc) is 2.22. The fourth-order valence-corrected chi connectivity index (χ4v) is 1.68. The van der Waals surface area contributed by atoms with E-state index in [1.54, 1.807) is 0 Å². The van der Waals surface area contributed by atoms with Crippen molar-refractivity contribution >= 4 is 0 Å². The zero-order valence-electron chi connectivity index (χ0n) is 12.5. The summed E-state index contributed by atoms with van der Waals surface area (Å²) in [5.41, 5.74) is 0. The maximum Gasteiger partial charge on any atom is 0.0104 e. The summed E-state index contributed by atoms with van der Waals surface area (Å²) in [7, 11) is 10.7. The highest BCUT2D eigenvalue weighted by atomic mass is 15.1. The van der Waals surface area contributed by atoms with Gasteiger partial charge in [-0.1, -0.05) is 0 Å². The summed E-state index contributed by atoms with van der Waals surface area (Å²) < 4.78 is 0. The van der Waals surface area contributed by atoms with Crippen LogP contribution in [0.1, 0.15) is 12.8 Å². The highest BCUT2D eigenvalue weighted by molar-refractivity contribution is 4.57. The van der Waals surface area contributed by atoms with Crippen LogP contribution < -0.4 is 5.32 Å². The van der Waals surface area contributed by atoms with Crippen LogP contribution in [-0.2, 0) is 0 Å². The number of nitrogens with zero attached hydrogens (tertiary/aromatic N) is 3. The minimum Gasteiger partial charge on any atom is -0.315 e. The van der Waals surface area contributed by atoms with E-state index in [0.29, 0.717) is 0 Å². The van der Waals surface area contributed by atoms with E-state index in [1.807, 2.05) is 0 Å². The molecule has 0 amide bonds. The SMILES string of the molecule is CN(C)CCCNCCN(C)CCCN(C)C. The Labute approximate surface area is 108 Å². The summed E-state index contributed by atoms with van der Waals surface area (Å²) in [6.07, 6.45) is 2.49. The number of hydrogen-bond acceptors (Lipinski definition) is 4. The summed E-state index contributed by atoms with van der Waals surface area (Å²) in [5.74, 6) is 0. The summed E-state index contributed by atoms with van der Waals surface area (Å²) >= 11 is 0. The van der Waals surface area contributed by atoms with Gasteiger partial charge in [0.05, 0.1) is 0 Å². The lowest BCUT2D eigenvalue weighted by Gasteiger charge is -2.18. The Bertz CT molecular complexity index is 159. The maximum absolute atomic E-state index is 3.49. The molecule has 0 aliphatic rings. The Kier molecular flexibility index (Phi) is 10.9. The van der Waals surface area contributed by atoms with Crippen LogP contribution in [0.15, 0.2) is 0 Å².